The van der Waals surface area contributed by atoms with Crippen LogP contribution in [0.3, 0.4) is 0 Å². The minimum Gasteiger partial charge on any atom is -0.116 e. The third kappa shape index (κ3) is 3.25. The number of fused-ring (bicyclic) bond motifs is 1. The monoisotopic (exact) mass is 282 g/mol. The Bertz CT molecular complexity index is 847. The van der Waals surface area contributed by atoms with E-state index < -0.39 is 0 Å². The smallest absolute Gasteiger partial charge is 0.00498 e. The first-order valence-electron chi connectivity index (χ1n) is 7.47. The molecular weight excluding hydrogens is 264 g/mol. The Hall–Kier alpha value is -2.82. The quantitative estimate of drug-likeness (QED) is 0.400. The molecular formula is C22H18. The molecule has 0 radical (unpaired) electrons. The molecule has 0 N–H and O–H groups in total. The summed E-state index contributed by atoms with van der Waals surface area (Å²) in [7, 11) is 0. The van der Waals surface area contributed by atoms with Crippen molar-refractivity contribution in [3.05, 3.63) is 102 Å². The van der Waals surface area contributed by atoms with Crippen molar-refractivity contribution in [3.8, 4) is 0 Å². The van der Waals surface area contributed by atoms with Crippen LogP contribution in [0.25, 0.3) is 22.4 Å². The highest BCUT2D eigenvalue weighted by molar-refractivity contribution is 5.85. The first-order valence-corrected chi connectivity index (χ1v) is 7.47. The van der Waals surface area contributed by atoms with Gasteiger partial charge in [0.2, 0.25) is 0 Å². The van der Waals surface area contributed by atoms with Crippen LogP contribution in [0.1, 0.15) is 17.5 Å². The highest BCUT2D eigenvalue weighted by Crippen LogP contribution is 2.19. The standard InChI is InChI=1S/C22H18/c1-2-8-19(20-9-4-3-5-10-20)15-13-18-14-16-21-11-6-7-12-22(21)17-18/h2-7,9-14,16-17H,1,8H2. The Morgan fingerprint density at radius 3 is 2.36 bits per heavy atom. The van der Waals surface area contributed by atoms with Gasteiger partial charge in [0.1, 0.15) is 0 Å². The molecule has 22 heavy (non-hydrogen) atoms. The zero-order valence-corrected chi connectivity index (χ0v) is 12.5. The van der Waals surface area contributed by atoms with Gasteiger partial charge in [-0.05, 0) is 40.5 Å². The predicted octanol–water partition coefficient (Wildman–Crippen LogP) is 6.11. The van der Waals surface area contributed by atoms with Crippen molar-refractivity contribution in [2.45, 2.75) is 6.42 Å². The Kier molecular flexibility index (Phi) is 4.34. The zero-order chi connectivity index (χ0) is 15.2. The molecule has 0 bridgehead atoms. The number of rotatable bonds is 4. The van der Waals surface area contributed by atoms with Gasteiger partial charge in [0.05, 0.1) is 0 Å². The number of allylic oxidation sites excluding steroid dienone is 2. The molecule has 3 aromatic rings. The van der Waals surface area contributed by atoms with Crippen LogP contribution < -0.4 is 0 Å². The van der Waals surface area contributed by atoms with E-state index in [1.807, 2.05) is 12.1 Å². The van der Waals surface area contributed by atoms with Crippen LogP contribution in [-0.4, -0.2) is 0 Å². The van der Waals surface area contributed by atoms with Gasteiger partial charge in [-0.15, -0.1) is 12.3 Å². The molecule has 3 rings (SSSR count). The Morgan fingerprint density at radius 2 is 1.59 bits per heavy atom. The van der Waals surface area contributed by atoms with E-state index in [1.54, 1.807) is 0 Å². The van der Waals surface area contributed by atoms with Gasteiger partial charge >= 0.3 is 0 Å². The van der Waals surface area contributed by atoms with Gasteiger partial charge in [-0.3, -0.25) is 0 Å². The topological polar surface area (TPSA) is 0 Å². The van der Waals surface area contributed by atoms with Crippen LogP contribution in [0.2, 0.25) is 0 Å². The summed E-state index contributed by atoms with van der Waals surface area (Å²) in [5.74, 6) is 0. The lowest BCUT2D eigenvalue weighted by Gasteiger charge is -2.02. The largest absolute Gasteiger partial charge is 0.116 e. The molecule has 3 aromatic carbocycles. The fourth-order valence-corrected chi connectivity index (χ4v) is 2.51. The van der Waals surface area contributed by atoms with Crippen molar-refractivity contribution in [1.82, 2.24) is 0 Å². The Labute approximate surface area is 131 Å². The molecule has 0 nitrogen and oxygen atoms in total. The molecule has 0 amide bonds. The molecule has 0 saturated heterocycles. The van der Waals surface area contributed by atoms with Gasteiger partial charge in [0.15, 0.2) is 0 Å². The maximum Gasteiger partial charge on any atom is 0.00498 e. The summed E-state index contributed by atoms with van der Waals surface area (Å²) in [5.41, 5.74) is 6.95. The van der Waals surface area contributed by atoms with Crippen LogP contribution in [0.15, 0.2) is 91.2 Å². The van der Waals surface area contributed by atoms with Gasteiger partial charge in [-0.2, -0.15) is 0 Å². The maximum absolute atomic E-state index is 3.85. The summed E-state index contributed by atoms with van der Waals surface area (Å²) < 4.78 is 0. The van der Waals surface area contributed by atoms with Crippen LogP contribution in [0.5, 0.6) is 0 Å². The van der Waals surface area contributed by atoms with Crippen LogP contribution in [0, 0.1) is 0 Å². The van der Waals surface area contributed by atoms with Gasteiger partial charge in [-0.1, -0.05) is 72.8 Å². The van der Waals surface area contributed by atoms with E-state index in [0.29, 0.717) is 0 Å². The molecule has 0 aliphatic rings. The maximum atomic E-state index is 3.85. The molecule has 0 saturated carbocycles. The van der Waals surface area contributed by atoms with E-state index >= 15 is 0 Å². The summed E-state index contributed by atoms with van der Waals surface area (Å²) >= 11 is 0. The average Bonchev–Trinajstić information content (AvgIpc) is 2.59. The predicted molar refractivity (Wildman–Crippen MR) is 96.6 cm³/mol. The molecule has 0 heterocycles. The van der Waals surface area contributed by atoms with Crippen molar-refractivity contribution >= 4 is 22.4 Å². The van der Waals surface area contributed by atoms with Crippen molar-refractivity contribution in [2.75, 3.05) is 0 Å². The fourth-order valence-electron chi connectivity index (χ4n) is 2.51. The second-order valence-electron chi connectivity index (χ2n) is 5.23. The second-order valence-corrected chi connectivity index (χ2v) is 5.23. The van der Waals surface area contributed by atoms with E-state index in [-0.39, 0.29) is 0 Å². The van der Waals surface area contributed by atoms with Crippen LogP contribution >= 0.6 is 0 Å². The van der Waals surface area contributed by atoms with Crippen LogP contribution in [0.4, 0.5) is 0 Å². The summed E-state index contributed by atoms with van der Waals surface area (Å²) in [4.78, 5) is 0. The van der Waals surface area contributed by atoms with Gasteiger partial charge in [0, 0.05) is 5.57 Å². The summed E-state index contributed by atoms with van der Waals surface area (Å²) in [6.45, 7) is 3.85. The minimum atomic E-state index is 0.814. The molecule has 0 aromatic heterocycles. The van der Waals surface area contributed by atoms with E-state index in [9.17, 15) is 0 Å². The molecule has 0 atom stereocenters. The normalized spacial score (nSPS) is 10.0. The third-order valence-electron chi connectivity index (χ3n) is 3.66. The number of benzene rings is 3. The van der Waals surface area contributed by atoms with Crippen LogP contribution in [-0.2, 0) is 0 Å². The molecule has 106 valence electrons. The van der Waals surface area contributed by atoms with Crippen molar-refractivity contribution < 1.29 is 0 Å². The van der Waals surface area contributed by atoms with E-state index in [2.05, 4.69) is 85.1 Å². The molecule has 0 aliphatic carbocycles. The van der Waals surface area contributed by atoms with Gasteiger partial charge < -0.3 is 0 Å². The zero-order valence-electron chi connectivity index (χ0n) is 12.5. The Balaban J connectivity index is 2.02. The lowest BCUT2D eigenvalue weighted by atomic mass is 10.0. The van der Waals surface area contributed by atoms with Crippen molar-refractivity contribution in [3.63, 3.8) is 0 Å². The fraction of sp³-hybridized carbons (Fsp3) is 0.0455. The lowest BCUT2D eigenvalue weighted by molar-refractivity contribution is 1.41. The number of hydrogen-bond donors (Lipinski definition) is 0. The molecule has 0 aliphatic heterocycles. The first kappa shape index (κ1) is 14.1. The number of hydrogen-bond acceptors (Lipinski definition) is 0. The van der Waals surface area contributed by atoms with Crippen molar-refractivity contribution in [1.29, 1.82) is 0 Å². The SMILES string of the molecule is C=CCC(=C=Cc1ccc2ccccc2c1)c1ccccc1. The average molecular weight is 282 g/mol. The first-order chi connectivity index (χ1) is 10.9. The molecule has 0 fully saturated rings. The molecule has 0 spiro atoms. The molecule has 0 unspecified atom stereocenters. The summed E-state index contributed by atoms with van der Waals surface area (Å²) in [6, 6.07) is 25.2. The Morgan fingerprint density at radius 1 is 0.864 bits per heavy atom. The summed E-state index contributed by atoms with van der Waals surface area (Å²) in [5, 5.41) is 2.51. The third-order valence-corrected chi connectivity index (χ3v) is 3.66. The van der Waals surface area contributed by atoms with Gasteiger partial charge in [0.25, 0.3) is 0 Å². The lowest BCUT2D eigenvalue weighted by Crippen LogP contribution is -1.80. The molecule has 0 heteroatoms. The van der Waals surface area contributed by atoms with E-state index in [1.165, 1.54) is 16.3 Å². The van der Waals surface area contributed by atoms with Crippen molar-refractivity contribution in [2.24, 2.45) is 0 Å². The highest BCUT2D eigenvalue weighted by Gasteiger charge is 1.97. The van der Waals surface area contributed by atoms with Gasteiger partial charge in [-0.25, -0.2) is 0 Å². The van der Waals surface area contributed by atoms with E-state index in [0.717, 1.165) is 17.6 Å². The van der Waals surface area contributed by atoms with E-state index in [4.69, 9.17) is 0 Å². The minimum absolute atomic E-state index is 0.814. The summed E-state index contributed by atoms with van der Waals surface area (Å²) in [6.07, 6.45) is 4.79. The second kappa shape index (κ2) is 6.76. The highest BCUT2D eigenvalue weighted by atomic mass is 14.0.